The quantitative estimate of drug-likeness (QED) is 0.691. The average Bonchev–Trinajstić information content (AvgIpc) is 2.21. The molecule has 0 aliphatic rings. The van der Waals surface area contributed by atoms with Crippen LogP contribution in [0.15, 0.2) is 0 Å². The molecule has 2 amide bonds. The molecular formula is C12H24N2O3S. The first-order chi connectivity index (χ1) is 8.18. The molecule has 2 atom stereocenters. The normalized spacial score (nSPS) is 14.7. The molecule has 18 heavy (non-hydrogen) atoms. The van der Waals surface area contributed by atoms with E-state index in [1.807, 2.05) is 13.2 Å². The summed E-state index contributed by atoms with van der Waals surface area (Å²) in [5.74, 6) is 0.306. The van der Waals surface area contributed by atoms with Crippen molar-refractivity contribution in [2.24, 2.45) is 11.3 Å². The summed E-state index contributed by atoms with van der Waals surface area (Å²) < 4.78 is 0. The summed E-state index contributed by atoms with van der Waals surface area (Å²) in [7, 11) is 0. The fourth-order valence-corrected chi connectivity index (χ4v) is 2.13. The molecule has 0 aromatic carbocycles. The third-order valence-corrected chi connectivity index (χ3v) is 3.35. The molecule has 0 spiro atoms. The van der Waals surface area contributed by atoms with Gasteiger partial charge in [0.1, 0.15) is 6.04 Å². The zero-order chi connectivity index (χ0) is 14.3. The van der Waals surface area contributed by atoms with Gasteiger partial charge in [0.2, 0.25) is 0 Å². The lowest BCUT2D eigenvalue weighted by Crippen LogP contribution is -2.52. The topological polar surface area (TPSA) is 78.4 Å². The Labute approximate surface area is 113 Å². The van der Waals surface area contributed by atoms with E-state index >= 15 is 0 Å². The number of urea groups is 1. The maximum atomic E-state index is 11.6. The SMILES string of the molecule is CSCC(C)CNC(=O)NC(C(=O)O)C(C)(C)C. The van der Waals surface area contributed by atoms with Crippen LogP contribution in [-0.4, -0.2) is 41.7 Å². The highest BCUT2D eigenvalue weighted by molar-refractivity contribution is 7.98. The van der Waals surface area contributed by atoms with Crippen molar-refractivity contribution in [2.75, 3.05) is 18.6 Å². The van der Waals surface area contributed by atoms with E-state index in [1.165, 1.54) is 0 Å². The van der Waals surface area contributed by atoms with Gasteiger partial charge in [0, 0.05) is 6.54 Å². The number of carboxylic acids is 1. The third kappa shape index (κ3) is 6.74. The Morgan fingerprint density at radius 2 is 1.89 bits per heavy atom. The van der Waals surface area contributed by atoms with Gasteiger partial charge in [0.15, 0.2) is 0 Å². The van der Waals surface area contributed by atoms with Crippen LogP contribution in [0.4, 0.5) is 4.79 Å². The maximum absolute atomic E-state index is 11.6. The maximum Gasteiger partial charge on any atom is 0.326 e. The van der Waals surface area contributed by atoms with Gasteiger partial charge in [-0.3, -0.25) is 0 Å². The molecule has 0 bridgehead atoms. The van der Waals surface area contributed by atoms with Crippen LogP contribution in [0, 0.1) is 11.3 Å². The second kappa shape index (κ2) is 7.51. The van der Waals surface area contributed by atoms with Crippen molar-refractivity contribution < 1.29 is 14.7 Å². The third-order valence-electron chi connectivity index (χ3n) is 2.45. The second-order valence-electron chi connectivity index (χ2n) is 5.55. The monoisotopic (exact) mass is 276 g/mol. The van der Waals surface area contributed by atoms with Crippen LogP contribution >= 0.6 is 11.8 Å². The van der Waals surface area contributed by atoms with Crippen molar-refractivity contribution >= 4 is 23.8 Å². The molecule has 0 aliphatic carbocycles. The minimum Gasteiger partial charge on any atom is -0.480 e. The minimum atomic E-state index is -1.02. The lowest BCUT2D eigenvalue weighted by atomic mass is 9.87. The fourth-order valence-electron chi connectivity index (χ4n) is 1.44. The second-order valence-corrected chi connectivity index (χ2v) is 6.46. The van der Waals surface area contributed by atoms with Gasteiger partial charge in [0.25, 0.3) is 0 Å². The van der Waals surface area contributed by atoms with Gasteiger partial charge in [-0.1, -0.05) is 27.7 Å². The molecule has 5 nitrogen and oxygen atoms in total. The number of hydrogen-bond donors (Lipinski definition) is 3. The number of carbonyl (C=O) groups excluding carboxylic acids is 1. The van der Waals surface area contributed by atoms with Crippen molar-refractivity contribution in [1.29, 1.82) is 0 Å². The van der Waals surface area contributed by atoms with Crippen LogP contribution < -0.4 is 10.6 Å². The first-order valence-corrected chi connectivity index (χ1v) is 7.34. The van der Waals surface area contributed by atoms with Crippen LogP contribution in [0.3, 0.4) is 0 Å². The number of rotatable bonds is 6. The molecule has 0 radical (unpaired) electrons. The predicted molar refractivity (Wildman–Crippen MR) is 75.0 cm³/mol. The molecule has 0 aliphatic heterocycles. The number of thioether (sulfide) groups is 1. The number of aliphatic carboxylic acids is 1. The number of carbonyl (C=O) groups is 2. The minimum absolute atomic E-state index is 0.365. The average molecular weight is 276 g/mol. The fraction of sp³-hybridized carbons (Fsp3) is 0.833. The van der Waals surface area contributed by atoms with Crippen molar-refractivity contribution in [2.45, 2.75) is 33.7 Å². The zero-order valence-electron chi connectivity index (χ0n) is 11.7. The molecule has 0 saturated heterocycles. The van der Waals surface area contributed by atoms with E-state index in [0.29, 0.717) is 12.5 Å². The molecule has 2 unspecified atom stereocenters. The van der Waals surface area contributed by atoms with Gasteiger partial charge in [0.05, 0.1) is 0 Å². The van der Waals surface area contributed by atoms with E-state index in [-0.39, 0.29) is 0 Å². The van der Waals surface area contributed by atoms with Crippen LogP contribution in [0.1, 0.15) is 27.7 Å². The molecule has 6 heteroatoms. The lowest BCUT2D eigenvalue weighted by molar-refractivity contribution is -0.141. The summed E-state index contributed by atoms with van der Waals surface area (Å²) in [4.78, 5) is 22.7. The van der Waals surface area contributed by atoms with Crippen molar-refractivity contribution in [3.8, 4) is 0 Å². The highest BCUT2D eigenvalue weighted by Crippen LogP contribution is 2.19. The first kappa shape index (κ1) is 17.1. The van der Waals surface area contributed by atoms with E-state index < -0.39 is 23.5 Å². The molecular weight excluding hydrogens is 252 g/mol. The smallest absolute Gasteiger partial charge is 0.326 e. The zero-order valence-corrected chi connectivity index (χ0v) is 12.6. The van der Waals surface area contributed by atoms with Crippen molar-refractivity contribution in [3.63, 3.8) is 0 Å². The Hall–Kier alpha value is -0.910. The Balaban J connectivity index is 4.24. The standard InChI is InChI=1S/C12H24N2O3S/c1-8(7-18-5)6-13-11(17)14-9(10(15)16)12(2,3)4/h8-9H,6-7H2,1-5H3,(H,15,16)(H2,13,14,17). The highest BCUT2D eigenvalue weighted by atomic mass is 32.2. The van der Waals surface area contributed by atoms with Gasteiger partial charge in [-0.2, -0.15) is 11.8 Å². The van der Waals surface area contributed by atoms with Crippen molar-refractivity contribution in [3.05, 3.63) is 0 Å². The molecule has 0 rings (SSSR count). The summed E-state index contributed by atoms with van der Waals surface area (Å²) in [6.45, 7) is 7.92. The van der Waals surface area contributed by atoms with E-state index in [9.17, 15) is 9.59 Å². The number of carboxylic acid groups (broad SMARTS) is 1. The van der Waals surface area contributed by atoms with E-state index in [2.05, 4.69) is 10.6 Å². The lowest BCUT2D eigenvalue weighted by Gasteiger charge is -2.28. The summed E-state index contributed by atoms with van der Waals surface area (Å²) in [6.07, 6.45) is 2.01. The first-order valence-electron chi connectivity index (χ1n) is 5.94. The summed E-state index contributed by atoms with van der Waals surface area (Å²) in [5.41, 5.74) is -0.520. The van der Waals surface area contributed by atoms with Crippen LogP contribution in [0.2, 0.25) is 0 Å². The van der Waals surface area contributed by atoms with Gasteiger partial charge < -0.3 is 15.7 Å². The molecule has 3 N–H and O–H groups in total. The molecule has 0 heterocycles. The molecule has 0 aromatic rings. The van der Waals surface area contributed by atoms with Gasteiger partial charge in [-0.05, 0) is 23.3 Å². The van der Waals surface area contributed by atoms with E-state index in [0.717, 1.165) is 5.75 Å². The van der Waals surface area contributed by atoms with Crippen LogP contribution in [0.25, 0.3) is 0 Å². The van der Waals surface area contributed by atoms with Gasteiger partial charge in [-0.15, -0.1) is 0 Å². The Morgan fingerprint density at radius 3 is 2.28 bits per heavy atom. The number of hydrogen-bond acceptors (Lipinski definition) is 3. The number of nitrogens with one attached hydrogen (secondary N) is 2. The Morgan fingerprint density at radius 1 is 1.33 bits per heavy atom. The molecule has 0 saturated carbocycles. The summed E-state index contributed by atoms with van der Waals surface area (Å²) >= 11 is 1.72. The summed E-state index contributed by atoms with van der Waals surface area (Å²) in [6, 6.07) is -1.32. The van der Waals surface area contributed by atoms with Gasteiger partial charge in [-0.25, -0.2) is 9.59 Å². The van der Waals surface area contributed by atoms with E-state index in [1.54, 1.807) is 32.5 Å². The molecule has 0 aromatic heterocycles. The number of amides is 2. The highest BCUT2D eigenvalue weighted by Gasteiger charge is 2.32. The Kier molecular flexibility index (Phi) is 7.13. The predicted octanol–water partition coefficient (Wildman–Crippen LogP) is 1.78. The molecule has 0 fully saturated rings. The van der Waals surface area contributed by atoms with Crippen LogP contribution in [0.5, 0.6) is 0 Å². The van der Waals surface area contributed by atoms with Crippen LogP contribution in [-0.2, 0) is 4.79 Å². The largest absolute Gasteiger partial charge is 0.480 e. The van der Waals surface area contributed by atoms with Gasteiger partial charge >= 0.3 is 12.0 Å². The summed E-state index contributed by atoms with van der Waals surface area (Å²) in [5, 5.41) is 14.3. The Bertz CT molecular complexity index is 290. The van der Waals surface area contributed by atoms with Crippen molar-refractivity contribution in [1.82, 2.24) is 10.6 Å². The molecule has 106 valence electrons. The van der Waals surface area contributed by atoms with E-state index in [4.69, 9.17) is 5.11 Å².